The highest BCUT2D eigenvalue weighted by molar-refractivity contribution is 7.09. The van der Waals surface area contributed by atoms with Crippen molar-refractivity contribution in [2.24, 2.45) is 0 Å². The summed E-state index contributed by atoms with van der Waals surface area (Å²) in [5.74, 6) is 0. The molecule has 1 rings (SSSR count). The van der Waals surface area contributed by atoms with Crippen LogP contribution < -0.4 is 5.32 Å². The molecule has 0 spiro atoms. The molecule has 1 aromatic heterocycles. The number of thiazole rings is 1. The van der Waals surface area contributed by atoms with Crippen LogP contribution in [0.1, 0.15) is 18.9 Å². The van der Waals surface area contributed by atoms with Crippen LogP contribution in [0.5, 0.6) is 0 Å². The van der Waals surface area contributed by atoms with Crippen molar-refractivity contribution in [2.45, 2.75) is 25.9 Å². The van der Waals surface area contributed by atoms with E-state index in [0.29, 0.717) is 6.42 Å². The minimum absolute atomic E-state index is 0.442. The first kappa shape index (κ1) is 12.4. The number of alkyl carbamates (subject to hydrolysis) is 1. The summed E-state index contributed by atoms with van der Waals surface area (Å²) in [5.41, 5.74) is -0.794. The first-order valence-electron chi connectivity index (χ1n) is 4.50. The molecule has 0 fully saturated rings. The fourth-order valence-corrected chi connectivity index (χ4v) is 1.94. The molecule has 2 N–H and O–H groups in total. The molecular weight excluding hydrogens is 232 g/mol. The third-order valence-electron chi connectivity index (χ3n) is 1.64. The van der Waals surface area contributed by atoms with Gasteiger partial charge >= 0.3 is 12.2 Å². The maximum atomic E-state index is 11.1. The van der Waals surface area contributed by atoms with Crippen LogP contribution in [0.3, 0.4) is 0 Å². The van der Waals surface area contributed by atoms with Gasteiger partial charge < -0.3 is 9.84 Å². The highest BCUT2D eigenvalue weighted by Gasteiger charge is 2.25. The van der Waals surface area contributed by atoms with Gasteiger partial charge in [0.2, 0.25) is 0 Å². The maximum Gasteiger partial charge on any atom is 0.417 e. The second kappa shape index (κ2) is 4.93. The SMILES string of the molecule is CC(C)(Cc1nccs1)OC(=O)NC(=O)O. The molecule has 1 aromatic rings. The summed E-state index contributed by atoms with van der Waals surface area (Å²) in [6.45, 7) is 3.38. The molecule has 0 aliphatic carbocycles. The Balaban J connectivity index is 2.51. The van der Waals surface area contributed by atoms with Crippen molar-refractivity contribution < 1.29 is 19.4 Å². The van der Waals surface area contributed by atoms with E-state index >= 15 is 0 Å². The fourth-order valence-electron chi connectivity index (χ4n) is 1.10. The van der Waals surface area contributed by atoms with Crippen molar-refractivity contribution >= 4 is 23.5 Å². The zero-order valence-corrected chi connectivity index (χ0v) is 9.71. The lowest BCUT2D eigenvalue weighted by atomic mass is 10.1. The van der Waals surface area contributed by atoms with Gasteiger partial charge in [-0.1, -0.05) is 0 Å². The lowest BCUT2D eigenvalue weighted by Crippen LogP contribution is -2.38. The summed E-state index contributed by atoms with van der Waals surface area (Å²) in [5, 5.41) is 12.6. The van der Waals surface area contributed by atoms with Crippen LogP contribution in [-0.4, -0.2) is 27.9 Å². The highest BCUT2D eigenvalue weighted by atomic mass is 32.1. The zero-order chi connectivity index (χ0) is 12.2. The molecule has 0 saturated carbocycles. The van der Waals surface area contributed by atoms with Gasteiger partial charge in [0.1, 0.15) is 5.60 Å². The Bertz CT molecular complexity index is 375. The van der Waals surface area contributed by atoms with Crippen molar-refractivity contribution in [2.75, 3.05) is 0 Å². The lowest BCUT2D eigenvalue weighted by molar-refractivity contribution is 0.0398. The number of imide groups is 1. The summed E-state index contributed by atoms with van der Waals surface area (Å²) >= 11 is 1.45. The number of carboxylic acid groups (broad SMARTS) is 1. The Morgan fingerprint density at radius 3 is 2.81 bits per heavy atom. The molecule has 0 aliphatic heterocycles. The van der Waals surface area contributed by atoms with E-state index in [4.69, 9.17) is 9.84 Å². The summed E-state index contributed by atoms with van der Waals surface area (Å²) in [4.78, 5) is 25.3. The molecule has 7 heteroatoms. The van der Waals surface area contributed by atoms with Gasteiger partial charge in [-0.3, -0.25) is 0 Å². The fraction of sp³-hybridized carbons (Fsp3) is 0.444. The van der Waals surface area contributed by atoms with Gasteiger partial charge in [-0.2, -0.15) is 0 Å². The first-order chi connectivity index (χ1) is 7.39. The predicted molar refractivity (Wildman–Crippen MR) is 57.5 cm³/mol. The van der Waals surface area contributed by atoms with Crippen molar-refractivity contribution in [3.63, 3.8) is 0 Å². The van der Waals surface area contributed by atoms with Crippen LogP contribution in [-0.2, 0) is 11.2 Å². The van der Waals surface area contributed by atoms with Gasteiger partial charge in [0.05, 0.1) is 5.01 Å². The van der Waals surface area contributed by atoms with Crippen LogP contribution >= 0.6 is 11.3 Å². The predicted octanol–water partition coefficient (Wildman–Crippen LogP) is 1.87. The third-order valence-corrected chi connectivity index (χ3v) is 2.42. The van der Waals surface area contributed by atoms with Gasteiger partial charge in [-0.25, -0.2) is 19.9 Å². The molecule has 88 valence electrons. The van der Waals surface area contributed by atoms with Crippen LogP contribution in [0.15, 0.2) is 11.6 Å². The minimum Gasteiger partial charge on any atom is -0.465 e. The highest BCUT2D eigenvalue weighted by Crippen LogP contribution is 2.18. The number of carbonyl (C=O) groups is 2. The van der Waals surface area contributed by atoms with Gasteiger partial charge in [0, 0.05) is 18.0 Å². The van der Waals surface area contributed by atoms with E-state index in [0.717, 1.165) is 5.01 Å². The largest absolute Gasteiger partial charge is 0.465 e. The molecule has 16 heavy (non-hydrogen) atoms. The Morgan fingerprint density at radius 2 is 2.31 bits per heavy atom. The summed E-state index contributed by atoms with van der Waals surface area (Å²) in [7, 11) is 0. The molecule has 0 bridgehead atoms. The molecule has 0 atom stereocenters. The van der Waals surface area contributed by atoms with E-state index in [9.17, 15) is 9.59 Å². The van der Waals surface area contributed by atoms with Crippen molar-refractivity contribution in [3.05, 3.63) is 16.6 Å². The first-order valence-corrected chi connectivity index (χ1v) is 5.38. The lowest BCUT2D eigenvalue weighted by Gasteiger charge is -2.23. The van der Waals surface area contributed by atoms with E-state index in [1.807, 2.05) is 5.38 Å². The standard InChI is InChI=1S/C9H12N2O4S/c1-9(2,5-6-10-3-4-16-6)15-8(14)11-7(12)13/h3-4H,5H2,1-2H3,(H,11,14)(H,12,13). The number of aromatic nitrogens is 1. The van der Waals surface area contributed by atoms with E-state index in [1.165, 1.54) is 11.3 Å². The molecule has 2 amide bonds. The quantitative estimate of drug-likeness (QED) is 0.847. The summed E-state index contributed by atoms with van der Waals surface area (Å²) in [6, 6.07) is 0. The average molecular weight is 244 g/mol. The van der Waals surface area contributed by atoms with Crippen LogP contribution in [0.4, 0.5) is 9.59 Å². The summed E-state index contributed by atoms with van der Waals surface area (Å²) in [6.07, 6.45) is -0.311. The monoisotopic (exact) mass is 244 g/mol. The van der Waals surface area contributed by atoms with Crippen LogP contribution in [0.25, 0.3) is 0 Å². The van der Waals surface area contributed by atoms with E-state index in [2.05, 4.69) is 4.98 Å². The van der Waals surface area contributed by atoms with Crippen LogP contribution in [0.2, 0.25) is 0 Å². The Hall–Kier alpha value is -1.63. The second-order valence-corrected chi connectivity index (χ2v) is 4.66. The van der Waals surface area contributed by atoms with E-state index in [1.54, 1.807) is 25.4 Å². The zero-order valence-electron chi connectivity index (χ0n) is 8.89. The van der Waals surface area contributed by atoms with Gasteiger partial charge in [0.15, 0.2) is 0 Å². The van der Waals surface area contributed by atoms with Crippen LogP contribution in [0, 0.1) is 0 Å². The topological polar surface area (TPSA) is 88.5 Å². The number of hydrogen-bond donors (Lipinski definition) is 2. The summed E-state index contributed by atoms with van der Waals surface area (Å²) < 4.78 is 4.96. The molecular formula is C9H12N2O4S. The number of rotatable bonds is 3. The minimum atomic E-state index is -1.44. The number of amides is 2. The third kappa shape index (κ3) is 4.26. The smallest absolute Gasteiger partial charge is 0.417 e. The Labute approximate surface area is 96.3 Å². The molecule has 1 heterocycles. The van der Waals surface area contributed by atoms with Gasteiger partial charge in [-0.05, 0) is 13.8 Å². The van der Waals surface area contributed by atoms with Crippen molar-refractivity contribution in [3.8, 4) is 0 Å². The van der Waals surface area contributed by atoms with Gasteiger partial charge in [-0.15, -0.1) is 11.3 Å². The number of ether oxygens (including phenoxy) is 1. The Morgan fingerprint density at radius 1 is 1.62 bits per heavy atom. The molecule has 0 aromatic carbocycles. The van der Waals surface area contributed by atoms with E-state index < -0.39 is 17.8 Å². The molecule has 0 saturated heterocycles. The molecule has 0 radical (unpaired) electrons. The molecule has 6 nitrogen and oxygen atoms in total. The number of nitrogens with zero attached hydrogens (tertiary/aromatic N) is 1. The van der Waals surface area contributed by atoms with E-state index in [-0.39, 0.29) is 0 Å². The van der Waals surface area contributed by atoms with Crippen molar-refractivity contribution in [1.82, 2.24) is 10.3 Å². The average Bonchev–Trinajstić information content (AvgIpc) is 2.51. The van der Waals surface area contributed by atoms with Crippen molar-refractivity contribution in [1.29, 1.82) is 0 Å². The number of hydrogen-bond acceptors (Lipinski definition) is 5. The second-order valence-electron chi connectivity index (χ2n) is 3.68. The number of nitrogens with one attached hydrogen (secondary N) is 1. The molecule has 0 unspecified atom stereocenters. The maximum absolute atomic E-state index is 11.1. The number of carbonyl (C=O) groups excluding carboxylic acids is 1. The normalized spacial score (nSPS) is 10.9. The molecule has 0 aliphatic rings. The van der Waals surface area contributed by atoms with Gasteiger partial charge in [0.25, 0.3) is 0 Å². The Kier molecular flexibility index (Phi) is 3.83.